The van der Waals surface area contributed by atoms with Crippen molar-refractivity contribution >= 4 is 11.7 Å². The molecule has 0 aliphatic carbocycles. The Labute approximate surface area is 64.1 Å². The van der Waals surface area contributed by atoms with Crippen LogP contribution in [0.25, 0.3) is 0 Å². The van der Waals surface area contributed by atoms with Gasteiger partial charge in [-0.25, -0.2) is 4.98 Å². The molecule has 58 valence electrons. The number of nitrogen functional groups attached to an aromatic ring is 1. The van der Waals surface area contributed by atoms with E-state index >= 15 is 0 Å². The van der Waals surface area contributed by atoms with Gasteiger partial charge in [-0.1, -0.05) is 6.58 Å². The molecule has 0 amide bonds. The number of H-pyrrole nitrogens is 1. The molecule has 0 aliphatic rings. The van der Waals surface area contributed by atoms with Gasteiger partial charge in [-0.3, -0.25) is 4.79 Å². The quantitative estimate of drug-likeness (QED) is 0.482. The fraction of sp³-hybridized carbons (Fsp3) is 0.143. The number of ketones is 1. The summed E-state index contributed by atoms with van der Waals surface area (Å²) in [5.41, 5.74) is 6.34. The third-order valence-electron chi connectivity index (χ3n) is 1.32. The number of aryl methyl sites for hydroxylation is 1. The van der Waals surface area contributed by atoms with E-state index in [9.17, 15) is 4.79 Å². The van der Waals surface area contributed by atoms with Gasteiger partial charge < -0.3 is 10.7 Å². The van der Waals surface area contributed by atoms with Crippen LogP contribution in [0.4, 0.5) is 5.95 Å². The number of aromatic nitrogens is 2. The van der Waals surface area contributed by atoms with E-state index in [0.29, 0.717) is 11.4 Å². The Morgan fingerprint density at radius 3 is 2.82 bits per heavy atom. The summed E-state index contributed by atoms with van der Waals surface area (Å²) in [7, 11) is 0. The predicted octanol–water partition coefficient (Wildman–Crippen LogP) is 0.669. The van der Waals surface area contributed by atoms with Crippen LogP contribution in [0.5, 0.6) is 0 Å². The molecule has 1 aromatic heterocycles. The van der Waals surface area contributed by atoms with Gasteiger partial charge in [-0.2, -0.15) is 0 Å². The Morgan fingerprint density at radius 1 is 1.82 bits per heavy atom. The lowest BCUT2D eigenvalue weighted by Gasteiger charge is -1.87. The molecule has 0 aromatic carbocycles. The summed E-state index contributed by atoms with van der Waals surface area (Å²) in [5, 5.41) is 0. The summed E-state index contributed by atoms with van der Waals surface area (Å²) in [5.74, 6) is 0.0446. The highest BCUT2D eigenvalue weighted by molar-refractivity contribution is 6.03. The zero-order valence-corrected chi connectivity index (χ0v) is 6.22. The number of hydrogen-bond acceptors (Lipinski definition) is 3. The number of nitrogens with zero attached hydrogens (tertiary/aromatic N) is 1. The lowest BCUT2D eigenvalue weighted by molar-refractivity contribution is 0.104. The smallest absolute Gasteiger partial charge is 0.205 e. The molecule has 0 saturated carbocycles. The minimum Gasteiger partial charge on any atom is -0.369 e. The first-order chi connectivity index (χ1) is 5.15. The number of rotatable bonds is 2. The molecule has 4 nitrogen and oxygen atoms in total. The SMILES string of the molecule is C=CC(=O)c1nc(N)[nH]c1C. The van der Waals surface area contributed by atoms with Gasteiger partial charge in [0.2, 0.25) is 5.78 Å². The molecule has 0 bridgehead atoms. The van der Waals surface area contributed by atoms with E-state index < -0.39 is 0 Å². The largest absolute Gasteiger partial charge is 0.369 e. The minimum atomic E-state index is -0.213. The molecule has 0 unspecified atom stereocenters. The van der Waals surface area contributed by atoms with Crippen LogP contribution in [0.1, 0.15) is 16.2 Å². The van der Waals surface area contributed by atoms with E-state index in [-0.39, 0.29) is 11.7 Å². The third-order valence-corrected chi connectivity index (χ3v) is 1.32. The van der Waals surface area contributed by atoms with Crippen LogP contribution in [0, 0.1) is 6.92 Å². The standard InChI is InChI=1S/C7H9N3O/c1-3-5(11)6-4(2)9-7(8)10-6/h3H,1H2,2H3,(H3,8,9,10). The minimum absolute atomic E-state index is 0.213. The second-order valence-electron chi connectivity index (χ2n) is 2.16. The first-order valence-corrected chi connectivity index (χ1v) is 3.14. The molecule has 1 aromatic rings. The van der Waals surface area contributed by atoms with Gasteiger partial charge in [0.25, 0.3) is 0 Å². The highest BCUT2D eigenvalue weighted by Crippen LogP contribution is 2.06. The number of imidazole rings is 1. The van der Waals surface area contributed by atoms with Crippen molar-refractivity contribution in [3.8, 4) is 0 Å². The molecule has 4 heteroatoms. The summed E-state index contributed by atoms with van der Waals surface area (Å²) in [6, 6.07) is 0. The van der Waals surface area contributed by atoms with Crippen molar-refractivity contribution in [1.82, 2.24) is 9.97 Å². The molecule has 3 N–H and O–H groups in total. The number of nitrogens with two attached hydrogens (primary N) is 1. The van der Waals surface area contributed by atoms with E-state index in [2.05, 4.69) is 16.5 Å². The van der Waals surface area contributed by atoms with Crippen LogP contribution in [-0.2, 0) is 0 Å². The lowest BCUT2D eigenvalue weighted by Crippen LogP contribution is -1.96. The molecule has 1 rings (SSSR count). The third kappa shape index (κ3) is 1.29. The zero-order valence-electron chi connectivity index (χ0n) is 6.22. The van der Waals surface area contributed by atoms with Crippen LogP contribution in [0.15, 0.2) is 12.7 Å². The predicted molar refractivity (Wildman–Crippen MR) is 42.3 cm³/mol. The van der Waals surface area contributed by atoms with Gasteiger partial charge in [-0.15, -0.1) is 0 Å². The fourth-order valence-corrected chi connectivity index (χ4v) is 0.820. The molecule has 0 atom stereocenters. The zero-order chi connectivity index (χ0) is 8.43. The van der Waals surface area contributed by atoms with Crippen LogP contribution >= 0.6 is 0 Å². The van der Waals surface area contributed by atoms with Crippen molar-refractivity contribution < 1.29 is 4.79 Å². The summed E-state index contributed by atoms with van der Waals surface area (Å²) in [4.78, 5) is 17.5. The molecule has 11 heavy (non-hydrogen) atoms. The van der Waals surface area contributed by atoms with Gasteiger partial charge in [-0.05, 0) is 13.0 Å². The van der Waals surface area contributed by atoms with Gasteiger partial charge in [0.1, 0.15) is 5.69 Å². The van der Waals surface area contributed by atoms with Crippen molar-refractivity contribution in [3.63, 3.8) is 0 Å². The van der Waals surface area contributed by atoms with Gasteiger partial charge in [0, 0.05) is 5.69 Å². The van der Waals surface area contributed by atoms with Crippen molar-refractivity contribution in [2.24, 2.45) is 0 Å². The maximum Gasteiger partial charge on any atom is 0.205 e. The van der Waals surface area contributed by atoms with E-state index in [1.165, 1.54) is 6.08 Å². The molecule has 1 heterocycles. The maximum absolute atomic E-state index is 11.0. The Morgan fingerprint density at radius 2 is 2.45 bits per heavy atom. The second kappa shape index (κ2) is 2.57. The number of carbonyl (C=O) groups is 1. The van der Waals surface area contributed by atoms with E-state index in [4.69, 9.17) is 5.73 Å². The van der Waals surface area contributed by atoms with Crippen LogP contribution in [0.3, 0.4) is 0 Å². The number of carbonyl (C=O) groups excluding carboxylic acids is 1. The number of anilines is 1. The summed E-state index contributed by atoms with van der Waals surface area (Å²) >= 11 is 0. The Balaban J connectivity index is 3.12. The van der Waals surface area contributed by atoms with Crippen molar-refractivity contribution in [3.05, 3.63) is 24.0 Å². The van der Waals surface area contributed by atoms with Gasteiger partial charge in [0.15, 0.2) is 5.95 Å². The van der Waals surface area contributed by atoms with Gasteiger partial charge in [0.05, 0.1) is 0 Å². The first-order valence-electron chi connectivity index (χ1n) is 3.14. The molecule has 0 fully saturated rings. The monoisotopic (exact) mass is 151 g/mol. The van der Waals surface area contributed by atoms with E-state index in [1.54, 1.807) is 6.92 Å². The highest BCUT2D eigenvalue weighted by Gasteiger charge is 2.09. The number of aromatic amines is 1. The second-order valence-corrected chi connectivity index (χ2v) is 2.16. The highest BCUT2D eigenvalue weighted by atomic mass is 16.1. The molecule has 0 radical (unpaired) electrons. The van der Waals surface area contributed by atoms with Crippen LogP contribution in [0.2, 0.25) is 0 Å². The summed E-state index contributed by atoms with van der Waals surface area (Å²) in [6.07, 6.45) is 1.21. The molecular formula is C7H9N3O. The Kier molecular flexibility index (Phi) is 1.76. The molecule has 0 saturated heterocycles. The Bertz CT molecular complexity index is 301. The summed E-state index contributed by atoms with van der Waals surface area (Å²) < 4.78 is 0. The number of allylic oxidation sites excluding steroid dienone is 1. The normalized spacial score (nSPS) is 9.55. The topological polar surface area (TPSA) is 71.8 Å². The van der Waals surface area contributed by atoms with E-state index in [0.717, 1.165) is 0 Å². The maximum atomic E-state index is 11.0. The van der Waals surface area contributed by atoms with Crippen molar-refractivity contribution in [1.29, 1.82) is 0 Å². The molecular weight excluding hydrogens is 142 g/mol. The number of hydrogen-bond donors (Lipinski definition) is 2. The number of nitrogens with one attached hydrogen (secondary N) is 1. The average molecular weight is 151 g/mol. The van der Waals surface area contributed by atoms with Crippen LogP contribution in [-0.4, -0.2) is 15.8 Å². The van der Waals surface area contributed by atoms with Crippen molar-refractivity contribution in [2.75, 3.05) is 5.73 Å². The fourth-order valence-electron chi connectivity index (χ4n) is 0.820. The van der Waals surface area contributed by atoms with E-state index in [1.807, 2.05) is 0 Å². The molecule has 0 spiro atoms. The lowest BCUT2D eigenvalue weighted by atomic mass is 10.2. The van der Waals surface area contributed by atoms with Gasteiger partial charge >= 0.3 is 0 Å². The van der Waals surface area contributed by atoms with Crippen LogP contribution < -0.4 is 5.73 Å². The first kappa shape index (κ1) is 7.53. The van der Waals surface area contributed by atoms with Crippen molar-refractivity contribution in [2.45, 2.75) is 6.92 Å². The summed E-state index contributed by atoms with van der Waals surface area (Å²) in [6.45, 7) is 5.08. The average Bonchev–Trinajstić information content (AvgIpc) is 2.28. The Hall–Kier alpha value is -1.58. The molecule has 0 aliphatic heterocycles.